The van der Waals surface area contributed by atoms with E-state index in [1.165, 1.54) is 24.8 Å². The zero-order valence-corrected chi connectivity index (χ0v) is 16.3. The van der Waals surface area contributed by atoms with E-state index >= 15 is 0 Å². The molecule has 2 aromatic heterocycles. The second-order valence-electron chi connectivity index (χ2n) is 6.79. The van der Waals surface area contributed by atoms with Gasteiger partial charge in [-0.05, 0) is 0 Å². The number of hydrogen-bond acceptors (Lipinski definition) is 11. The molecule has 0 aliphatic carbocycles. The van der Waals surface area contributed by atoms with Crippen molar-refractivity contribution in [3.63, 3.8) is 0 Å². The fourth-order valence-corrected chi connectivity index (χ4v) is 4.67. The molecule has 1 unspecified atom stereocenters. The first-order valence-electron chi connectivity index (χ1n) is 8.79. The van der Waals surface area contributed by atoms with E-state index in [1.807, 2.05) is 0 Å². The SMILES string of the molecule is B[PH]1(O)OC[C@H]2O[C@@H](n3cnc4c(N)ncnc43)C(OC(=O)CCC(=O)O)[C@@H]2O1. The van der Waals surface area contributed by atoms with E-state index in [0.29, 0.717) is 11.2 Å². The summed E-state index contributed by atoms with van der Waals surface area (Å²) < 4.78 is 24.0. The number of rotatable bonds is 5. The molecule has 2 saturated heterocycles. The van der Waals surface area contributed by atoms with Crippen LogP contribution in [0.3, 0.4) is 0 Å². The molecular weight excluding hydrogens is 408 g/mol. The van der Waals surface area contributed by atoms with Crippen LogP contribution in [-0.2, 0) is 28.1 Å². The predicted molar refractivity (Wildman–Crippen MR) is 100 cm³/mol. The number of carboxylic acids is 1. The van der Waals surface area contributed by atoms with Crippen molar-refractivity contribution in [3.05, 3.63) is 12.7 Å². The number of carboxylic acid groups (broad SMARTS) is 1. The van der Waals surface area contributed by atoms with Crippen LogP contribution in [0.4, 0.5) is 5.82 Å². The Bertz CT molecular complexity index is 957. The molecule has 13 nitrogen and oxygen atoms in total. The Morgan fingerprint density at radius 3 is 2.93 bits per heavy atom. The Balaban J connectivity index is 1.66. The zero-order chi connectivity index (χ0) is 20.8. The summed E-state index contributed by atoms with van der Waals surface area (Å²) in [5.74, 6) is -1.68. The molecule has 4 N–H and O–H groups in total. The molecule has 0 saturated carbocycles. The number of imidazole rings is 1. The van der Waals surface area contributed by atoms with E-state index in [9.17, 15) is 14.5 Å². The number of esters is 1. The van der Waals surface area contributed by atoms with Crippen LogP contribution in [0, 0.1) is 0 Å². The topological polar surface area (TPSA) is 181 Å². The van der Waals surface area contributed by atoms with Crippen LogP contribution >= 0.6 is 7.82 Å². The van der Waals surface area contributed by atoms with Crippen LogP contribution in [0.1, 0.15) is 19.1 Å². The molecule has 29 heavy (non-hydrogen) atoms. The number of aromatic nitrogens is 4. The number of nitrogen functional groups attached to an aromatic ring is 1. The van der Waals surface area contributed by atoms with E-state index in [1.54, 1.807) is 0 Å². The molecule has 0 spiro atoms. The van der Waals surface area contributed by atoms with E-state index in [0.717, 1.165) is 0 Å². The fraction of sp³-hybridized carbons (Fsp3) is 0.500. The molecule has 0 amide bonds. The molecule has 0 bridgehead atoms. The van der Waals surface area contributed by atoms with Gasteiger partial charge < -0.3 is 0 Å². The van der Waals surface area contributed by atoms with Crippen molar-refractivity contribution < 1.29 is 38.1 Å². The van der Waals surface area contributed by atoms with Crippen molar-refractivity contribution in [3.8, 4) is 0 Å². The first-order chi connectivity index (χ1) is 13.7. The standard InChI is InChI=1S/C14H19BN5O8P/c15-29(24)25-3-6-10(28-29)11(27-8(23)2-1-7(21)22)14(26-6)20-5-19-9-12(16)17-4-18-13(9)20/h4-6,10-11,14,24,29H,1-3,15H2,(H,21,22)(H2,16,17,18)/t6-,10-,11?,14-/m1/s1. The van der Waals surface area contributed by atoms with Gasteiger partial charge in [-0.2, -0.15) is 0 Å². The van der Waals surface area contributed by atoms with Crippen LogP contribution in [0.25, 0.3) is 11.2 Å². The van der Waals surface area contributed by atoms with Gasteiger partial charge in [0.15, 0.2) is 0 Å². The molecule has 0 radical (unpaired) electrons. The maximum atomic E-state index is 12.2. The van der Waals surface area contributed by atoms with E-state index in [-0.39, 0.29) is 25.3 Å². The predicted octanol–water partition coefficient (Wildman–Crippen LogP) is -1.47. The normalized spacial score (nSPS) is 29.3. The Morgan fingerprint density at radius 1 is 1.38 bits per heavy atom. The van der Waals surface area contributed by atoms with Gasteiger partial charge >= 0.3 is 164 Å². The van der Waals surface area contributed by atoms with Crippen molar-refractivity contribution >= 4 is 44.3 Å². The van der Waals surface area contributed by atoms with Crippen LogP contribution in [0.5, 0.6) is 0 Å². The summed E-state index contributed by atoms with van der Waals surface area (Å²) in [6, 6.07) is 0. The van der Waals surface area contributed by atoms with Gasteiger partial charge in [0.2, 0.25) is 0 Å². The number of nitrogens with zero attached hydrogens (tertiary/aromatic N) is 4. The summed E-state index contributed by atoms with van der Waals surface area (Å²) in [6.07, 6.45) is -1.32. The second-order valence-corrected chi connectivity index (χ2v) is 9.11. The van der Waals surface area contributed by atoms with Crippen LogP contribution in [-0.4, -0.2) is 73.9 Å². The third-order valence-corrected chi connectivity index (χ3v) is 6.04. The molecule has 2 aromatic rings. The molecule has 4 heterocycles. The van der Waals surface area contributed by atoms with Gasteiger partial charge in [-0.15, -0.1) is 0 Å². The Labute approximate surface area is 165 Å². The van der Waals surface area contributed by atoms with E-state index in [4.69, 9.17) is 29.4 Å². The average molecular weight is 427 g/mol. The van der Waals surface area contributed by atoms with Crippen LogP contribution in [0.2, 0.25) is 0 Å². The molecule has 2 aliphatic rings. The number of aliphatic carboxylic acids is 1. The maximum absolute atomic E-state index is 12.2. The molecule has 2 fully saturated rings. The zero-order valence-electron chi connectivity index (χ0n) is 15.3. The quantitative estimate of drug-likeness (QED) is 0.287. The molecule has 2 aliphatic heterocycles. The van der Waals surface area contributed by atoms with Crippen molar-refractivity contribution in [2.24, 2.45) is 0 Å². The molecule has 156 valence electrons. The summed E-state index contributed by atoms with van der Waals surface area (Å²) in [4.78, 5) is 45.4. The summed E-state index contributed by atoms with van der Waals surface area (Å²) in [6.45, 7) is 0.0489. The number of hydrogen-bond donors (Lipinski definition) is 3. The fourth-order valence-electron chi connectivity index (χ4n) is 3.33. The molecule has 0 aromatic carbocycles. The Morgan fingerprint density at radius 2 is 2.17 bits per heavy atom. The van der Waals surface area contributed by atoms with Crippen LogP contribution < -0.4 is 5.73 Å². The average Bonchev–Trinajstić information content (AvgIpc) is 3.22. The minimum absolute atomic E-state index is 0.0489. The van der Waals surface area contributed by atoms with Gasteiger partial charge in [0.1, 0.15) is 0 Å². The van der Waals surface area contributed by atoms with Crippen molar-refractivity contribution in [2.75, 3.05) is 12.3 Å². The number of anilines is 1. The summed E-state index contributed by atoms with van der Waals surface area (Å²) in [5.41, 5.74) is 6.53. The monoisotopic (exact) mass is 427 g/mol. The van der Waals surface area contributed by atoms with Gasteiger partial charge in [0.25, 0.3) is 0 Å². The Hall–Kier alpha value is -2.38. The van der Waals surface area contributed by atoms with Gasteiger partial charge in [-0.25, -0.2) is 0 Å². The van der Waals surface area contributed by atoms with Crippen molar-refractivity contribution in [2.45, 2.75) is 37.4 Å². The number of ether oxygens (including phenoxy) is 2. The van der Waals surface area contributed by atoms with Gasteiger partial charge in [-0.3, -0.25) is 0 Å². The molecule has 4 rings (SSSR count). The summed E-state index contributed by atoms with van der Waals surface area (Å²) in [5, 5.41) is 8.79. The number of carbonyl (C=O) groups is 2. The van der Waals surface area contributed by atoms with Gasteiger partial charge in [-0.1, -0.05) is 0 Å². The third kappa shape index (κ3) is 3.89. The number of carbonyl (C=O) groups excluding carboxylic acids is 1. The van der Waals surface area contributed by atoms with E-state index in [2.05, 4.69) is 15.0 Å². The molecular formula is C14H19BN5O8P. The summed E-state index contributed by atoms with van der Waals surface area (Å²) >= 11 is 0. The van der Waals surface area contributed by atoms with Crippen molar-refractivity contribution in [1.29, 1.82) is 0 Å². The summed E-state index contributed by atoms with van der Waals surface area (Å²) in [7, 11) is -1.97. The minimum atomic E-state index is -3.42. The Kier molecular flexibility index (Phi) is 5.13. The third-order valence-electron chi connectivity index (χ3n) is 4.63. The first-order valence-corrected chi connectivity index (χ1v) is 11.1. The number of nitrogens with two attached hydrogens (primary N) is 1. The van der Waals surface area contributed by atoms with E-state index < -0.39 is 44.3 Å². The second kappa shape index (κ2) is 7.46. The molecule has 4 atom stereocenters. The molecule has 15 heteroatoms. The van der Waals surface area contributed by atoms with Gasteiger partial charge in [0, 0.05) is 0 Å². The van der Waals surface area contributed by atoms with Gasteiger partial charge in [0.05, 0.1) is 0 Å². The number of fused-ring (bicyclic) bond motifs is 2. The van der Waals surface area contributed by atoms with Crippen LogP contribution in [0.15, 0.2) is 12.7 Å². The van der Waals surface area contributed by atoms with Crippen molar-refractivity contribution in [1.82, 2.24) is 19.5 Å². The first kappa shape index (κ1) is 19.9.